The molecule has 1 unspecified atom stereocenters. The Kier molecular flexibility index (Phi) is 3.02. The molecule has 1 fully saturated rings. The van der Waals surface area contributed by atoms with Crippen LogP contribution in [0.15, 0.2) is 18.2 Å². The minimum Gasteiger partial charge on any atom is -0.118 e. The van der Waals surface area contributed by atoms with Crippen LogP contribution < -0.4 is 0 Å². The number of rotatable bonds is 2. The summed E-state index contributed by atoms with van der Waals surface area (Å²) in [6, 6.07) is 7.04. The van der Waals surface area contributed by atoms with Gasteiger partial charge in [-0.1, -0.05) is 45.9 Å². The zero-order valence-electron chi connectivity index (χ0n) is 12.6. The molecule has 0 amide bonds. The van der Waals surface area contributed by atoms with Gasteiger partial charge in [0, 0.05) is 0 Å². The average Bonchev–Trinajstić information content (AvgIpc) is 3.18. The Hall–Kier alpha value is -0.490. The number of benzene rings is 1. The minimum atomic E-state index is 0.228. The van der Waals surface area contributed by atoms with Gasteiger partial charge in [-0.3, -0.25) is 0 Å². The van der Waals surface area contributed by atoms with E-state index in [1.165, 1.54) is 42.4 Å². The molecule has 0 aromatic heterocycles. The second kappa shape index (κ2) is 4.25. The van der Waals surface area contributed by atoms with E-state index in [2.05, 4.69) is 45.9 Å². The molecule has 0 aliphatic heterocycles. The van der Waals surface area contributed by atoms with Gasteiger partial charge in [-0.2, -0.15) is 0 Å². The zero-order valence-corrected chi connectivity index (χ0v) is 13.3. The molecular formula is C18H25Cl. The highest BCUT2D eigenvalue weighted by atomic mass is 35.5. The fraction of sp³-hybridized carbons (Fsp3) is 0.667. The van der Waals surface area contributed by atoms with Crippen molar-refractivity contribution in [3.05, 3.63) is 34.9 Å². The summed E-state index contributed by atoms with van der Waals surface area (Å²) in [5.41, 5.74) is 5.01. The maximum atomic E-state index is 6.61. The fourth-order valence-electron chi connectivity index (χ4n) is 3.44. The van der Waals surface area contributed by atoms with E-state index >= 15 is 0 Å². The maximum Gasteiger partial charge on any atom is 0.0613 e. The molecule has 1 aromatic rings. The molecule has 3 rings (SSSR count). The summed E-state index contributed by atoms with van der Waals surface area (Å²) in [6.07, 6.45) is 5.16. The quantitative estimate of drug-likeness (QED) is 0.606. The number of fused-ring (bicyclic) bond motifs is 1. The van der Waals surface area contributed by atoms with Gasteiger partial charge < -0.3 is 0 Å². The first-order valence-corrected chi connectivity index (χ1v) is 8.04. The fourth-order valence-corrected chi connectivity index (χ4v) is 3.83. The predicted molar refractivity (Wildman–Crippen MR) is 83.0 cm³/mol. The van der Waals surface area contributed by atoms with Crippen LogP contribution >= 0.6 is 11.6 Å². The molecule has 0 bridgehead atoms. The second-order valence-electron chi connectivity index (χ2n) is 7.81. The van der Waals surface area contributed by atoms with E-state index in [4.69, 9.17) is 11.6 Å². The van der Waals surface area contributed by atoms with Crippen LogP contribution in [0.25, 0.3) is 0 Å². The van der Waals surface area contributed by atoms with Crippen LogP contribution in [0.5, 0.6) is 0 Å². The van der Waals surface area contributed by atoms with Crippen LogP contribution in [0, 0.1) is 5.92 Å². The summed E-state index contributed by atoms with van der Waals surface area (Å²) >= 11 is 6.61. The van der Waals surface area contributed by atoms with E-state index in [-0.39, 0.29) is 5.38 Å². The summed E-state index contributed by atoms with van der Waals surface area (Å²) in [5.74, 6) is 0.722. The van der Waals surface area contributed by atoms with Gasteiger partial charge in [0.2, 0.25) is 0 Å². The first-order chi connectivity index (χ1) is 8.81. The molecular weight excluding hydrogens is 252 g/mol. The Morgan fingerprint density at radius 3 is 2.16 bits per heavy atom. The van der Waals surface area contributed by atoms with Gasteiger partial charge in [-0.05, 0) is 59.1 Å². The van der Waals surface area contributed by atoms with Crippen molar-refractivity contribution in [1.29, 1.82) is 0 Å². The summed E-state index contributed by atoms with van der Waals surface area (Å²) in [4.78, 5) is 0. The lowest BCUT2D eigenvalue weighted by atomic mass is 9.63. The molecule has 19 heavy (non-hydrogen) atoms. The molecule has 1 heteroatoms. The normalized spacial score (nSPS) is 25.7. The number of halogens is 1. The Morgan fingerprint density at radius 2 is 1.58 bits per heavy atom. The average molecular weight is 277 g/mol. The maximum absolute atomic E-state index is 6.61. The van der Waals surface area contributed by atoms with E-state index < -0.39 is 0 Å². The molecule has 0 saturated heterocycles. The lowest BCUT2D eigenvalue weighted by Crippen LogP contribution is -2.33. The number of alkyl halides is 1. The molecule has 2 aliphatic carbocycles. The number of hydrogen-bond donors (Lipinski definition) is 0. The summed E-state index contributed by atoms with van der Waals surface area (Å²) in [7, 11) is 0. The van der Waals surface area contributed by atoms with Crippen molar-refractivity contribution in [2.45, 2.75) is 69.6 Å². The summed E-state index contributed by atoms with van der Waals surface area (Å²) in [5, 5.41) is 0.228. The van der Waals surface area contributed by atoms with Crippen molar-refractivity contribution in [2.24, 2.45) is 5.92 Å². The van der Waals surface area contributed by atoms with E-state index in [1.54, 1.807) is 0 Å². The van der Waals surface area contributed by atoms with E-state index in [9.17, 15) is 0 Å². The first-order valence-electron chi connectivity index (χ1n) is 7.60. The lowest BCUT2D eigenvalue weighted by molar-refractivity contribution is 0.331. The van der Waals surface area contributed by atoms with E-state index in [0.717, 1.165) is 5.92 Å². The third-order valence-corrected chi connectivity index (χ3v) is 5.84. The summed E-state index contributed by atoms with van der Waals surface area (Å²) in [6.45, 7) is 9.51. The second-order valence-corrected chi connectivity index (χ2v) is 8.28. The molecule has 2 aliphatic rings. The Balaban J connectivity index is 2.06. The van der Waals surface area contributed by atoms with Crippen LogP contribution in [0.1, 0.15) is 75.4 Å². The van der Waals surface area contributed by atoms with Crippen molar-refractivity contribution in [3.8, 4) is 0 Å². The van der Waals surface area contributed by atoms with Gasteiger partial charge >= 0.3 is 0 Å². The van der Waals surface area contributed by atoms with Crippen molar-refractivity contribution >= 4 is 11.6 Å². The third kappa shape index (κ3) is 2.33. The summed E-state index contributed by atoms with van der Waals surface area (Å²) < 4.78 is 0. The standard InChI is InChI=1S/C18H25Cl/c1-17(2)9-10-18(3,4)15-11-13(7-8-14(15)17)16(19)12-5-6-12/h7-8,11-12,16H,5-6,9-10H2,1-4H3. The smallest absolute Gasteiger partial charge is 0.0613 e. The van der Waals surface area contributed by atoms with Crippen LogP contribution in [0.2, 0.25) is 0 Å². The predicted octanol–water partition coefficient (Wildman–Crippen LogP) is 5.73. The molecule has 0 radical (unpaired) electrons. The Bertz CT molecular complexity index is 494. The third-order valence-electron chi connectivity index (χ3n) is 5.23. The van der Waals surface area contributed by atoms with E-state index in [1.807, 2.05) is 0 Å². The van der Waals surface area contributed by atoms with Gasteiger partial charge in [0.1, 0.15) is 0 Å². The Labute approximate surface area is 122 Å². The minimum absolute atomic E-state index is 0.228. The topological polar surface area (TPSA) is 0 Å². The van der Waals surface area contributed by atoms with Crippen molar-refractivity contribution < 1.29 is 0 Å². The Morgan fingerprint density at radius 1 is 1.00 bits per heavy atom. The molecule has 1 aromatic carbocycles. The highest BCUT2D eigenvalue weighted by molar-refractivity contribution is 6.21. The van der Waals surface area contributed by atoms with Crippen molar-refractivity contribution in [3.63, 3.8) is 0 Å². The van der Waals surface area contributed by atoms with Crippen LogP contribution in [0.4, 0.5) is 0 Å². The highest BCUT2D eigenvalue weighted by Gasteiger charge is 2.38. The largest absolute Gasteiger partial charge is 0.118 e. The SMILES string of the molecule is CC1(C)CCC(C)(C)c2cc(C(Cl)C3CC3)ccc21. The van der Waals surface area contributed by atoms with E-state index in [0.29, 0.717) is 10.8 Å². The molecule has 0 N–H and O–H groups in total. The van der Waals surface area contributed by atoms with Gasteiger partial charge in [-0.15, -0.1) is 11.6 Å². The monoisotopic (exact) mass is 276 g/mol. The molecule has 1 atom stereocenters. The van der Waals surface area contributed by atoms with Gasteiger partial charge in [-0.25, -0.2) is 0 Å². The lowest BCUT2D eigenvalue weighted by Gasteiger charge is -2.42. The molecule has 104 valence electrons. The highest BCUT2D eigenvalue weighted by Crippen LogP contribution is 2.49. The molecule has 0 spiro atoms. The molecule has 0 heterocycles. The van der Waals surface area contributed by atoms with Gasteiger partial charge in [0.25, 0.3) is 0 Å². The van der Waals surface area contributed by atoms with Crippen molar-refractivity contribution in [1.82, 2.24) is 0 Å². The first kappa shape index (κ1) is 13.5. The molecule has 0 nitrogen and oxygen atoms in total. The van der Waals surface area contributed by atoms with Crippen LogP contribution in [-0.2, 0) is 10.8 Å². The van der Waals surface area contributed by atoms with Crippen molar-refractivity contribution in [2.75, 3.05) is 0 Å². The number of hydrogen-bond acceptors (Lipinski definition) is 0. The van der Waals surface area contributed by atoms with Crippen LogP contribution in [0.3, 0.4) is 0 Å². The van der Waals surface area contributed by atoms with Gasteiger partial charge in [0.05, 0.1) is 5.38 Å². The zero-order chi connectivity index (χ0) is 13.8. The van der Waals surface area contributed by atoms with Gasteiger partial charge in [0.15, 0.2) is 0 Å². The molecule has 1 saturated carbocycles. The van der Waals surface area contributed by atoms with Crippen LogP contribution in [-0.4, -0.2) is 0 Å².